The SMILES string of the molecule is COP(=O)(OC)C1(O)C2CC=CC2C1(Cl)Cl. The van der Waals surface area contributed by atoms with E-state index in [0.717, 1.165) is 0 Å². The highest BCUT2D eigenvalue weighted by Gasteiger charge is 2.79. The third kappa shape index (κ3) is 1.21. The molecule has 2 aliphatic carbocycles. The van der Waals surface area contributed by atoms with E-state index in [2.05, 4.69) is 0 Å². The molecule has 0 saturated heterocycles. The quantitative estimate of drug-likeness (QED) is 0.492. The zero-order valence-corrected chi connectivity index (χ0v) is 11.3. The van der Waals surface area contributed by atoms with Crippen molar-refractivity contribution in [2.45, 2.75) is 16.1 Å². The molecule has 2 aliphatic rings. The van der Waals surface area contributed by atoms with Gasteiger partial charge in [0.1, 0.15) is 0 Å². The summed E-state index contributed by atoms with van der Waals surface area (Å²) in [4.78, 5) is 0. The van der Waals surface area contributed by atoms with E-state index in [9.17, 15) is 9.67 Å². The van der Waals surface area contributed by atoms with Gasteiger partial charge in [0.05, 0.1) is 0 Å². The first-order valence-corrected chi connectivity index (χ1v) is 7.13. The number of halogens is 2. The van der Waals surface area contributed by atoms with Crippen molar-refractivity contribution >= 4 is 30.8 Å². The molecule has 0 amide bonds. The minimum absolute atomic E-state index is 0.209. The highest BCUT2D eigenvalue weighted by atomic mass is 35.5. The first-order chi connectivity index (χ1) is 7.35. The van der Waals surface area contributed by atoms with Crippen molar-refractivity contribution in [1.82, 2.24) is 0 Å². The van der Waals surface area contributed by atoms with Gasteiger partial charge in [0, 0.05) is 26.1 Å². The fourth-order valence-electron chi connectivity index (χ4n) is 2.58. The molecule has 3 atom stereocenters. The molecule has 1 N–H and O–H groups in total. The summed E-state index contributed by atoms with van der Waals surface area (Å²) in [5, 5.41) is 8.66. The third-order valence-electron chi connectivity index (χ3n) is 3.49. The summed E-state index contributed by atoms with van der Waals surface area (Å²) in [6.07, 6.45) is 4.26. The number of alkyl halides is 2. The standard InChI is InChI=1S/C9H13Cl2O4P/c1-14-16(13,15-2)9(12)7-5-3-4-6(7)8(9,10)11/h3-4,6-7,12H,5H2,1-2H3. The van der Waals surface area contributed by atoms with Gasteiger partial charge in [-0.2, -0.15) is 0 Å². The fourth-order valence-corrected chi connectivity index (χ4v) is 5.82. The number of aliphatic hydroxyl groups is 1. The number of hydrogen-bond acceptors (Lipinski definition) is 4. The lowest BCUT2D eigenvalue weighted by Crippen LogP contribution is -2.68. The highest BCUT2D eigenvalue weighted by molar-refractivity contribution is 7.55. The average molecular weight is 287 g/mol. The molecule has 0 bridgehead atoms. The van der Waals surface area contributed by atoms with Gasteiger partial charge in [-0.3, -0.25) is 4.57 Å². The second kappa shape index (κ2) is 3.71. The molecule has 16 heavy (non-hydrogen) atoms. The molecule has 0 heterocycles. The number of fused-ring (bicyclic) bond motifs is 1. The van der Waals surface area contributed by atoms with Crippen molar-refractivity contribution in [3.05, 3.63) is 12.2 Å². The summed E-state index contributed by atoms with van der Waals surface area (Å²) in [6.45, 7) is 0. The van der Waals surface area contributed by atoms with Crippen LogP contribution in [0.3, 0.4) is 0 Å². The molecular weight excluding hydrogens is 274 g/mol. The van der Waals surface area contributed by atoms with Crippen molar-refractivity contribution in [1.29, 1.82) is 0 Å². The molecule has 2 rings (SSSR count). The van der Waals surface area contributed by atoms with E-state index >= 15 is 0 Å². The van der Waals surface area contributed by atoms with Gasteiger partial charge in [-0.15, -0.1) is 0 Å². The molecular formula is C9H13Cl2O4P. The normalized spacial score (nSPS) is 40.6. The van der Waals surface area contributed by atoms with Crippen molar-refractivity contribution < 1.29 is 18.7 Å². The van der Waals surface area contributed by atoms with Gasteiger partial charge >= 0.3 is 7.60 Å². The molecule has 0 aromatic carbocycles. The molecule has 0 radical (unpaired) electrons. The molecule has 4 nitrogen and oxygen atoms in total. The van der Waals surface area contributed by atoms with Crippen LogP contribution in [-0.2, 0) is 13.6 Å². The number of rotatable bonds is 3. The summed E-state index contributed by atoms with van der Waals surface area (Å²) in [6, 6.07) is 0. The van der Waals surface area contributed by atoms with Gasteiger partial charge < -0.3 is 14.2 Å². The van der Waals surface area contributed by atoms with Gasteiger partial charge in [-0.25, -0.2) is 0 Å². The van der Waals surface area contributed by atoms with Crippen LogP contribution in [-0.4, -0.2) is 29.0 Å². The molecule has 92 valence electrons. The van der Waals surface area contributed by atoms with Gasteiger partial charge in [-0.1, -0.05) is 35.4 Å². The lowest BCUT2D eigenvalue weighted by atomic mass is 9.71. The lowest BCUT2D eigenvalue weighted by Gasteiger charge is -2.58. The molecule has 0 aromatic heterocycles. The predicted molar refractivity (Wildman–Crippen MR) is 61.7 cm³/mol. The van der Waals surface area contributed by atoms with E-state index in [1.807, 2.05) is 12.2 Å². The Bertz CT molecular complexity index is 376. The van der Waals surface area contributed by atoms with Gasteiger partial charge in [0.2, 0.25) is 5.34 Å². The molecule has 1 saturated carbocycles. The van der Waals surface area contributed by atoms with Crippen molar-refractivity contribution in [3.8, 4) is 0 Å². The molecule has 0 spiro atoms. The Kier molecular flexibility index (Phi) is 2.99. The van der Waals surface area contributed by atoms with Crippen LogP contribution in [0.4, 0.5) is 0 Å². The first kappa shape index (κ1) is 12.9. The molecule has 0 aromatic rings. The Morgan fingerprint density at radius 1 is 1.44 bits per heavy atom. The zero-order chi connectivity index (χ0) is 12.2. The predicted octanol–water partition coefficient (Wildman–Crippen LogP) is 2.54. The van der Waals surface area contributed by atoms with Crippen molar-refractivity contribution in [3.63, 3.8) is 0 Å². The summed E-state index contributed by atoms with van der Waals surface area (Å²) in [5.41, 5.74) is 0. The highest BCUT2D eigenvalue weighted by Crippen LogP contribution is 2.78. The first-order valence-electron chi connectivity index (χ1n) is 4.83. The van der Waals surface area contributed by atoms with Gasteiger partial charge in [-0.05, 0) is 6.42 Å². The van der Waals surface area contributed by atoms with Crippen LogP contribution in [0.25, 0.3) is 0 Å². The van der Waals surface area contributed by atoms with Crippen LogP contribution >= 0.6 is 30.8 Å². The largest absolute Gasteiger partial charge is 0.375 e. The molecule has 3 unspecified atom stereocenters. The second-order valence-corrected chi connectivity index (χ2v) is 7.80. The van der Waals surface area contributed by atoms with Crippen molar-refractivity contribution in [2.24, 2.45) is 11.8 Å². The smallest absolute Gasteiger partial charge is 0.364 e. The second-order valence-electron chi connectivity index (χ2n) is 4.01. The Morgan fingerprint density at radius 3 is 2.50 bits per heavy atom. The van der Waals surface area contributed by atoms with E-state index < -0.39 is 17.3 Å². The third-order valence-corrected chi connectivity index (χ3v) is 7.32. The maximum absolute atomic E-state index is 12.3. The molecule has 7 heteroatoms. The molecule has 1 fully saturated rings. The Balaban J connectivity index is 2.43. The number of allylic oxidation sites excluding steroid dienone is 2. The Morgan fingerprint density at radius 2 is 2.00 bits per heavy atom. The summed E-state index contributed by atoms with van der Waals surface area (Å²) in [7, 11) is -1.32. The number of hydrogen-bond donors (Lipinski definition) is 1. The maximum Gasteiger partial charge on any atom is 0.364 e. The van der Waals surface area contributed by atoms with Crippen LogP contribution in [0.15, 0.2) is 12.2 Å². The minimum Gasteiger partial charge on any atom is -0.375 e. The van der Waals surface area contributed by atoms with E-state index in [4.69, 9.17) is 32.2 Å². The summed E-state index contributed by atoms with van der Waals surface area (Å²) in [5.74, 6) is -0.521. The topological polar surface area (TPSA) is 55.8 Å². The fraction of sp³-hybridized carbons (Fsp3) is 0.778. The van der Waals surface area contributed by atoms with E-state index in [-0.39, 0.29) is 11.8 Å². The van der Waals surface area contributed by atoms with Gasteiger partial charge in [0.15, 0.2) is 4.33 Å². The zero-order valence-electron chi connectivity index (χ0n) is 8.89. The van der Waals surface area contributed by atoms with Crippen LogP contribution < -0.4 is 0 Å². The van der Waals surface area contributed by atoms with Crippen molar-refractivity contribution in [2.75, 3.05) is 14.2 Å². The van der Waals surface area contributed by atoms with Crippen LogP contribution in [0, 0.1) is 11.8 Å². The molecule has 0 aliphatic heterocycles. The van der Waals surface area contributed by atoms with Gasteiger partial charge in [0.25, 0.3) is 0 Å². The summed E-state index contributed by atoms with van der Waals surface area (Å²) >= 11 is 12.2. The van der Waals surface area contributed by atoms with Crippen LogP contribution in [0.2, 0.25) is 0 Å². The van der Waals surface area contributed by atoms with Crippen LogP contribution in [0.5, 0.6) is 0 Å². The van der Waals surface area contributed by atoms with E-state index in [1.54, 1.807) is 0 Å². The Hall–Kier alpha value is 0.430. The lowest BCUT2D eigenvalue weighted by molar-refractivity contribution is -0.0788. The maximum atomic E-state index is 12.3. The average Bonchev–Trinajstić information content (AvgIpc) is 2.74. The monoisotopic (exact) mass is 286 g/mol. The summed E-state index contributed by atoms with van der Waals surface area (Å²) < 4.78 is 20.4. The Labute approximate surface area is 104 Å². The minimum atomic E-state index is -3.74. The van der Waals surface area contributed by atoms with E-state index in [0.29, 0.717) is 6.42 Å². The van der Waals surface area contributed by atoms with E-state index in [1.165, 1.54) is 14.2 Å². The van der Waals surface area contributed by atoms with Crippen LogP contribution in [0.1, 0.15) is 6.42 Å².